The molecule has 0 saturated heterocycles. The highest BCUT2D eigenvalue weighted by Gasteiger charge is 2.17. The molecule has 1 aromatic carbocycles. The molecule has 0 N–H and O–H groups in total. The van der Waals surface area contributed by atoms with Gasteiger partial charge in [0.2, 0.25) is 5.78 Å². The number of hydrogen-bond donors (Lipinski definition) is 0. The molecule has 0 atom stereocenters. The van der Waals surface area contributed by atoms with Gasteiger partial charge in [0, 0.05) is 25.0 Å². The Labute approximate surface area is 106 Å². The first-order chi connectivity index (χ1) is 8.54. The second-order valence-corrected chi connectivity index (χ2v) is 4.33. The number of imidazole rings is 1. The van der Waals surface area contributed by atoms with Crippen molar-refractivity contribution in [3.05, 3.63) is 47.0 Å². The van der Waals surface area contributed by atoms with Crippen LogP contribution in [0.2, 0.25) is 0 Å². The van der Waals surface area contributed by atoms with Crippen LogP contribution in [0.5, 0.6) is 5.75 Å². The number of ketones is 1. The molecule has 1 heterocycles. The van der Waals surface area contributed by atoms with Crippen LogP contribution in [0.25, 0.3) is 0 Å². The molecule has 1 aromatic heterocycles. The van der Waals surface area contributed by atoms with E-state index in [2.05, 4.69) is 4.98 Å². The largest absolute Gasteiger partial charge is 0.496 e. The van der Waals surface area contributed by atoms with Crippen LogP contribution in [0.1, 0.15) is 27.3 Å². The number of benzene rings is 1. The van der Waals surface area contributed by atoms with E-state index < -0.39 is 0 Å². The summed E-state index contributed by atoms with van der Waals surface area (Å²) in [5.74, 6) is 1.18. The molecule has 0 radical (unpaired) electrons. The van der Waals surface area contributed by atoms with Gasteiger partial charge in [0.15, 0.2) is 5.82 Å². The van der Waals surface area contributed by atoms with Gasteiger partial charge < -0.3 is 9.30 Å². The Morgan fingerprint density at radius 3 is 2.56 bits per heavy atom. The molecular weight excluding hydrogens is 228 g/mol. The number of aryl methyl sites for hydroxylation is 3. The average molecular weight is 244 g/mol. The summed E-state index contributed by atoms with van der Waals surface area (Å²) < 4.78 is 6.97. The van der Waals surface area contributed by atoms with E-state index >= 15 is 0 Å². The minimum absolute atomic E-state index is 0.0641. The smallest absolute Gasteiger partial charge is 0.228 e. The van der Waals surface area contributed by atoms with Crippen LogP contribution >= 0.6 is 0 Å². The van der Waals surface area contributed by atoms with E-state index in [0.29, 0.717) is 11.4 Å². The number of aromatic nitrogens is 2. The van der Waals surface area contributed by atoms with Crippen LogP contribution in [0.3, 0.4) is 0 Å². The number of nitrogens with zero attached hydrogens (tertiary/aromatic N) is 2. The Morgan fingerprint density at radius 1 is 1.28 bits per heavy atom. The van der Waals surface area contributed by atoms with Gasteiger partial charge >= 0.3 is 0 Å². The molecule has 2 rings (SSSR count). The minimum atomic E-state index is -0.0641. The van der Waals surface area contributed by atoms with E-state index in [1.54, 1.807) is 24.1 Å². The first-order valence-corrected chi connectivity index (χ1v) is 5.72. The van der Waals surface area contributed by atoms with Crippen molar-refractivity contribution >= 4 is 5.78 Å². The fourth-order valence-corrected chi connectivity index (χ4v) is 1.96. The number of hydrogen-bond acceptors (Lipinski definition) is 3. The maximum absolute atomic E-state index is 12.4. The zero-order chi connectivity index (χ0) is 13.3. The van der Waals surface area contributed by atoms with Gasteiger partial charge in [-0.3, -0.25) is 4.79 Å². The Kier molecular flexibility index (Phi) is 3.19. The molecule has 0 aliphatic heterocycles. The molecule has 2 aromatic rings. The lowest BCUT2D eigenvalue weighted by molar-refractivity contribution is 0.102. The minimum Gasteiger partial charge on any atom is -0.496 e. The second kappa shape index (κ2) is 4.64. The van der Waals surface area contributed by atoms with Crippen molar-refractivity contribution in [1.29, 1.82) is 0 Å². The number of carbonyl (C=O) groups excluding carboxylic acids is 1. The molecule has 4 heteroatoms. The van der Waals surface area contributed by atoms with E-state index in [9.17, 15) is 4.79 Å². The molecule has 4 nitrogen and oxygen atoms in total. The second-order valence-electron chi connectivity index (χ2n) is 4.33. The molecule has 0 unspecified atom stereocenters. The highest BCUT2D eigenvalue weighted by atomic mass is 16.5. The molecule has 0 bridgehead atoms. The van der Waals surface area contributed by atoms with Crippen LogP contribution in [-0.4, -0.2) is 22.4 Å². The van der Waals surface area contributed by atoms with E-state index in [4.69, 9.17) is 4.74 Å². The fraction of sp³-hybridized carbons (Fsp3) is 0.286. The SMILES string of the molecule is COc1cc(C)c(C(=O)c2nccn2C)cc1C. The van der Waals surface area contributed by atoms with E-state index in [-0.39, 0.29) is 5.78 Å². The number of rotatable bonds is 3. The zero-order valence-electron chi connectivity index (χ0n) is 11.0. The lowest BCUT2D eigenvalue weighted by atomic mass is 10.0. The molecule has 18 heavy (non-hydrogen) atoms. The predicted octanol–water partition coefficient (Wildman–Crippen LogP) is 2.28. The summed E-state index contributed by atoms with van der Waals surface area (Å²) in [7, 11) is 3.44. The summed E-state index contributed by atoms with van der Waals surface area (Å²) in [6.07, 6.45) is 3.39. The third-order valence-corrected chi connectivity index (χ3v) is 3.01. The van der Waals surface area contributed by atoms with Crippen LogP contribution < -0.4 is 4.74 Å². The van der Waals surface area contributed by atoms with Crippen LogP contribution in [-0.2, 0) is 7.05 Å². The Balaban J connectivity index is 2.49. The van der Waals surface area contributed by atoms with Gasteiger partial charge in [-0.15, -0.1) is 0 Å². The molecule has 0 saturated carbocycles. The lowest BCUT2D eigenvalue weighted by Crippen LogP contribution is -2.10. The maximum Gasteiger partial charge on any atom is 0.228 e. The molecule has 0 aliphatic carbocycles. The molecule has 0 spiro atoms. The maximum atomic E-state index is 12.4. The Bertz CT molecular complexity index is 600. The predicted molar refractivity (Wildman–Crippen MR) is 69.1 cm³/mol. The summed E-state index contributed by atoms with van der Waals surface area (Å²) in [6.45, 7) is 3.83. The van der Waals surface area contributed by atoms with Crippen molar-refractivity contribution in [1.82, 2.24) is 9.55 Å². The first-order valence-electron chi connectivity index (χ1n) is 5.72. The van der Waals surface area contributed by atoms with Gasteiger partial charge in [0.1, 0.15) is 5.75 Å². The molecular formula is C14H16N2O2. The normalized spacial score (nSPS) is 10.4. The van der Waals surface area contributed by atoms with Gasteiger partial charge in [-0.1, -0.05) is 0 Å². The zero-order valence-corrected chi connectivity index (χ0v) is 11.0. The standard InChI is InChI=1S/C14H16N2O2/c1-9-8-12(18-4)10(2)7-11(9)13(17)14-15-5-6-16(14)3/h5-8H,1-4H3. The van der Waals surface area contributed by atoms with Crippen molar-refractivity contribution in [2.45, 2.75) is 13.8 Å². The monoisotopic (exact) mass is 244 g/mol. The third kappa shape index (κ3) is 2.01. The number of ether oxygens (including phenoxy) is 1. The Morgan fingerprint density at radius 2 is 2.00 bits per heavy atom. The molecule has 0 aliphatic rings. The topological polar surface area (TPSA) is 44.1 Å². The van der Waals surface area contributed by atoms with E-state index in [1.807, 2.05) is 33.0 Å². The highest BCUT2D eigenvalue weighted by Crippen LogP contribution is 2.23. The third-order valence-electron chi connectivity index (χ3n) is 3.01. The van der Waals surface area contributed by atoms with Gasteiger partial charge in [-0.05, 0) is 37.1 Å². The van der Waals surface area contributed by atoms with E-state index in [1.165, 1.54) is 0 Å². The average Bonchev–Trinajstić information content (AvgIpc) is 2.77. The highest BCUT2D eigenvalue weighted by molar-refractivity contribution is 6.07. The summed E-state index contributed by atoms with van der Waals surface area (Å²) >= 11 is 0. The molecule has 0 amide bonds. The van der Waals surface area contributed by atoms with Gasteiger partial charge in [-0.25, -0.2) is 4.98 Å². The quantitative estimate of drug-likeness (QED) is 0.778. The molecule has 94 valence electrons. The van der Waals surface area contributed by atoms with Crippen molar-refractivity contribution in [3.8, 4) is 5.75 Å². The van der Waals surface area contributed by atoms with E-state index in [0.717, 1.165) is 16.9 Å². The lowest BCUT2D eigenvalue weighted by Gasteiger charge is -2.10. The Hall–Kier alpha value is -2.10. The van der Waals surface area contributed by atoms with Crippen LogP contribution in [0, 0.1) is 13.8 Å². The fourth-order valence-electron chi connectivity index (χ4n) is 1.96. The van der Waals surface area contributed by atoms with Crippen LogP contribution in [0.15, 0.2) is 24.5 Å². The van der Waals surface area contributed by atoms with Gasteiger partial charge in [0.05, 0.1) is 7.11 Å². The van der Waals surface area contributed by atoms with Crippen molar-refractivity contribution in [2.24, 2.45) is 7.05 Å². The van der Waals surface area contributed by atoms with Gasteiger partial charge in [-0.2, -0.15) is 0 Å². The first kappa shape index (κ1) is 12.4. The summed E-state index contributed by atoms with van der Waals surface area (Å²) in [5, 5.41) is 0. The summed E-state index contributed by atoms with van der Waals surface area (Å²) in [6, 6.07) is 3.73. The number of carbonyl (C=O) groups is 1. The van der Waals surface area contributed by atoms with Gasteiger partial charge in [0.25, 0.3) is 0 Å². The number of methoxy groups -OCH3 is 1. The van der Waals surface area contributed by atoms with Crippen LogP contribution in [0.4, 0.5) is 0 Å². The summed E-state index contributed by atoms with van der Waals surface area (Å²) in [4.78, 5) is 16.5. The molecule has 0 fully saturated rings. The van der Waals surface area contributed by atoms with Crippen molar-refractivity contribution in [3.63, 3.8) is 0 Å². The van der Waals surface area contributed by atoms with Crippen molar-refractivity contribution in [2.75, 3.05) is 7.11 Å². The summed E-state index contributed by atoms with van der Waals surface area (Å²) in [5.41, 5.74) is 2.51. The van der Waals surface area contributed by atoms with Crippen molar-refractivity contribution < 1.29 is 9.53 Å².